The van der Waals surface area contributed by atoms with E-state index in [1.54, 1.807) is 12.1 Å². The molecule has 39 heavy (non-hydrogen) atoms. The minimum Gasteiger partial charge on any atom is -0.543 e. The third kappa shape index (κ3) is 4.92. The number of aromatic carboxylic acids is 1. The van der Waals surface area contributed by atoms with E-state index in [0.717, 1.165) is 6.26 Å². The van der Waals surface area contributed by atoms with Gasteiger partial charge in [-0.1, -0.05) is 12.1 Å². The second-order valence-electron chi connectivity index (χ2n) is 8.03. The van der Waals surface area contributed by atoms with Crippen molar-refractivity contribution in [2.75, 3.05) is 16.4 Å². The molecule has 11 nitrogen and oxygen atoms in total. The van der Waals surface area contributed by atoms with Crippen molar-refractivity contribution < 1.29 is 36.7 Å². The van der Waals surface area contributed by atoms with E-state index in [1.807, 2.05) is 0 Å². The normalized spacial score (nSPS) is 11.5. The van der Waals surface area contributed by atoms with E-state index in [9.17, 15) is 32.3 Å². The summed E-state index contributed by atoms with van der Waals surface area (Å²) in [6, 6.07) is 6.72. The number of carboxylic acids is 1. The molecule has 15 heteroatoms. The zero-order valence-corrected chi connectivity index (χ0v) is 19.3. The fourth-order valence-corrected chi connectivity index (χ4v) is 3.78. The molecule has 2 aromatic carbocycles. The standard InChI is InChI=1S/C24H15F4N7O4/c25-15-6-3-12(24(26,27)28)7-16(15)34-23(38)32-13-4-1-11(2-5-13)18-14(21-33-17(9-39-21)22(36)37)8-35-19(18)20(29)30-10-31-35/h1-10H,(H,36,37)(H2,29,30,31)(H2,32,34,38)/p-1. The number of anilines is 3. The summed E-state index contributed by atoms with van der Waals surface area (Å²) in [7, 11) is 0. The number of oxazole rings is 1. The topological polar surface area (TPSA) is 163 Å². The van der Waals surface area contributed by atoms with Gasteiger partial charge in [0, 0.05) is 17.4 Å². The Morgan fingerprint density at radius 2 is 1.82 bits per heavy atom. The number of nitrogen functional groups attached to an aromatic ring is 1. The van der Waals surface area contributed by atoms with E-state index >= 15 is 0 Å². The lowest BCUT2D eigenvalue weighted by atomic mass is 10.0. The number of nitrogens with two attached hydrogens (primary N) is 1. The van der Waals surface area contributed by atoms with Gasteiger partial charge < -0.3 is 30.7 Å². The van der Waals surface area contributed by atoms with Crippen LogP contribution in [0.15, 0.2) is 65.7 Å². The zero-order chi connectivity index (χ0) is 27.9. The number of alkyl halides is 3. The summed E-state index contributed by atoms with van der Waals surface area (Å²) in [5.41, 5.74) is 5.71. The van der Waals surface area contributed by atoms with Crippen molar-refractivity contribution in [2.45, 2.75) is 6.18 Å². The molecule has 0 saturated carbocycles. The van der Waals surface area contributed by atoms with Gasteiger partial charge >= 0.3 is 12.2 Å². The molecule has 3 heterocycles. The lowest BCUT2D eigenvalue weighted by molar-refractivity contribution is -0.255. The van der Waals surface area contributed by atoms with E-state index in [4.69, 9.17) is 10.2 Å². The maximum absolute atomic E-state index is 14.0. The molecular weight excluding hydrogens is 526 g/mol. The van der Waals surface area contributed by atoms with Gasteiger partial charge in [-0.15, -0.1) is 0 Å². The number of hydrogen-bond acceptors (Lipinski definition) is 8. The first-order valence-electron chi connectivity index (χ1n) is 10.9. The Hall–Kier alpha value is -5.47. The van der Waals surface area contributed by atoms with Crippen molar-refractivity contribution >= 4 is 34.7 Å². The van der Waals surface area contributed by atoms with E-state index in [0.29, 0.717) is 40.4 Å². The molecule has 0 saturated heterocycles. The molecule has 0 unspecified atom stereocenters. The molecule has 0 atom stereocenters. The molecule has 0 aliphatic rings. The molecule has 198 valence electrons. The van der Waals surface area contributed by atoms with Crippen LogP contribution in [-0.2, 0) is 6.18 Å². The molecule has 4 N–H and O–H groups in total. The van der Waals surface area contributed by atoms with Crippen LogP contribution in [0.5, 0.6) is 0 Å². The molecule has 3 aromatic heterocycles. The van der Waals surface area contributed by atoms with Crippen LogP contribution in [0.1, 0.15) is 16.1 Å². The quantitative estimate of drug-likeness (QED) is 0.284. The zero-order valence-electron chi connectivity index (χ0n) is 19.3. The van der Waals surface area contributed by atoms with Gasteiger partial charge in [-0.25, -0.2) is 23.7 Å². The number of aromatic nitrogens is 4. The molecule has 5 rings (SSSR count). The van der Waals surface area contributed by atoms with E-state index in [1.165, 1.54) is 29.2 Å². The van der Waals surface area contributed by atoms with Gasteiger partial charge in [0.25, 0.3) is 0 Å². The maximum Gasteiger partial charge on any atom is 0.416 e. The number of hydrogen-bond donors (Lipinski definition) is 3. The fraction of sp³-hybridized carbons (Fsp3) is 0.0417. The molecular formula is C24H14F4N7O4-. The Morgan fingerprint density at radius 3 is 2.49 bits per heavy atom. The number of fused-ring (bicyclic) bond motifs is 1. The van der Waals surface area contributed by atoms with Crippen LogP contribution < -0.4 is 21.5 Å². The number of carbonyl (C=O) groups excluding carboxylic acids is 2. The second-order valence-corrected chi connectivity index (χ2v) is 8.03. The van der Waals surface area contributed by atoms with Crippen molar-refractivity contribution in [1.29, 1.82) is 0 Å². The van der Waals surface area contributed by atoms with E-state index in [2.05, 4.69) is 25.7 Å². The highest BCUT2D eigenvalue weighted by molar-refractivity contribution is 6.01. The van der Waals surface area contributed by atoms with Crippen molar-refractivity contribution in [3.8, 4) is 22.6 Å². The number of nitrogens with one attached hydrogen (secondary N) is 2. The predicted molar refractivity (Wildman–Crippen MR) is 127 cm³/mol. The number of carboxylic acid groups (broad SMARTS) is 1. The number of nitrogens with zero attached hydrogens (tertiary/aromatic N) is 4. The first-order valence-corrected chi connectivity index (χ1v) is 10.9. The highest BCUT2D eigenvalue weighted by atomic mass is 19.4. The molecule has 0 fully saturated rings. The molecule has 0 spiro atoms. The van der Waals surface area contributed by atoms with Crippen LogP contribution in [0.25, 0.3) is 28.1 Å². The largest absolute Gasteiger partial charge is 0.543 e. The van der Waals surface area contributed by atoms with Crippen molar-refractivity contribution in [3.05, 3.63) is 78.3 Å². The van der Waals surface area contributed by atoms with Crippen LogP contribution in [0.3, 0.4) is 0 Å². The number of halogens is 4. The number of carbonyl (C=O) groups is 2. The van der Waals surface area contributed by atoms with E-state index in [-0.39, 0.29) is 17.4 Å². The van der Waals surface area contributed by atoms with Crippen molar-refractivity contribution in [1.82, 2.24) is 19.6 Å². The monoisotopic (exact) mass is 540 g/mol. The van der Waals surface area contributed by atoms with Crippen LogP contribution in [0, 0.1) is 5.82 Å². The SMILES string of the molecule is Nc1ncnn2cc(-c3nc(C(=O)[O-])co3)c(-c3ccc(NC(=O)Nc4cc(C(F)(F)F)ccc4F)cc3)c12. The van der Waals surface area contributed by atoms with Gasteiger partial charge in [0.2, 0.25) is 5.89 Å². The Kier molecular flexibility index (Phi) is 6.10. The number of benzene rings is 2. The van der Waals surface area contributed by atoms with Crippen LogP contribution in [0.4, 0.5) is 39.5 Å². The smallest absolute Gasteiger partial charge is 0.416 e. The van der Waals surface area contributed by atoms with Crippen molar-refractivity contribution in [3.63, 3.8) is 0 Å². The minimum absolute atomic E-state index is 0.0567. The van der Waals surface area contributed by atoms with Gasteiger partial charge in [0.15, 0.2) is 5.82 Å². The Balaban J connectivity index is 1.44. The summed E-state index contributed by atoms with van der Waals surface area (Å²) >= 11 is 0. The first kappa shape index (κ1) is 25.2. The lowest BCUT2D eigenvalue weighted by Crippen LogP contribution is -2.22. The molecule has 0 bridgehead atoms. The first-order chi connectivity index (χ1) is 18.5. The third-order valence-electron chi connectivity index (χ3n) is 5.52. The molecule has 0 radical (unpaired) electrons. The van der Waals surface area contributed by atoms with E-state index < -0.39 is 40.9 Å². The Labute approximate surface area is 214 Å². The maximum atomic E-state index is 14.0. The summed E-state index contributed by atoms with van der Waals surface area (Å²) < 4.78 is 59.5. The molecule has 0 aliphatic heterocycles. The summed E-state index contributed by atoms with van der Waals surface area (Å²) in [6.07, 6.45) is -1.07. The highest BCUT2D eigenvalue weighted by Crippen LogP contribution is 2.38. The second kappa shape index (κ2) is 9.44. The number of rotatable bonds is 5. The van der Waals surface area contributed by atoms with Crippen LogP contribution in [-0.4, -0.2) is 31.6 Å². The lowest BCUT2D eigenvalue weighted by Gasteiger charge is -2.12. The number of urea groups is 1. The van der Waals surface area contributed by atoms with Gasteiger partial charge in [-0.2, -0.15) is 18.3 Å². The van der Waals surface area contributed by atoms with Gasteiger partial charge in [0.1, 0.15) is 29.6 Å². The molecule has 5 aromatic rings. The Morgan fingerprint density at radius 1 is 1.08 bits per heavy atom. The van der Waals surface area contributed by atoms with Crippen LogP contribution in [0.2, 0.25) is 0 Å². The van der Waals surface area contributed by atoms with Crippen LogP contribution >= 0.6 is 0 Å². The van der Waals surface area contributed by atoms with Crippen molar-refractivity contribution in [2.24, 2.45) is 0 Å². The summed E-state index contributed by atoms with van der Waals surface area (Å²) in [4.78, 5) is 31.4. The fourth-order valence-electron chi connectivity index (χ4n) is 3.78. The summed E-state index contributed by atoms with van der Waals surface area (Å²) in [6.45, 7) is 0. The highest BCUT2D eigenvalue weighted by Gasteiger charge is 2.31. The number of amides is 2. The van der Waals surface area contributed by atoms with Gasteiger partial charge in [-0.05, 0) is 35.9 Å². The summed E-state index contributed by atoms with van der Waals surface area (Å²) in [5, 5.41) is 19.7. The molecule has 0 aliphatic carbocycles. The molecule has 2 amide bonds. The third-order valence-corrected chi connectivity index (χ3v) is 5.52. The Bertz CT molecular complexity index is 1730. The minimum atomic E-state index is -4.72. The predicted octanol–water partition coefficient (Wildman–Crippen LogP) is 3.80. The average molecular weight is 540 g/mol. The van der Waals surface area contributed by atoms with Gasteiger partial charge in [-0.3, -0.25) is 0 Å². The van der Waals surface area contributed by atoms with Gasteiger partial charge in [0.05, 0.1) is 22.8 Å². The average Bonchev–Trinajstić information content (AvgIpc) is 3.51. The summed E-state index contributed by atoms with van der Waals surface area (Å²) in [5.74, 6) is -2.54.